The zero-order chi connectivity index (χ0) is 11.0. The summed E-state index contributed by atoms with van der Waals surface area (Å²) in [6.45, 7) is 0. The molecule has 86 valence electrons. The zero-order valence-electron chi connectivity index (χ0n) is 9.95. The molecular formula is C14H20N2. The predicted molar refractivity (Wildman–Crippen MR) is 65.5 cm³/mol. The quantitative estimate of drug-likeness (QED) is 0.836. The molecule has 0 amide bonds. The van der Waals surface area contributed by atoms with Crippen LogP contribution in [0.5, 0.6) is 0 Å². The lowest BCUT2D eigenvalue weighted by atomic mass is 9.92. The van der Waals surface area contributed by atoms with E-state index in [1.54, 1.807) is 0 Å². The molecule has 2 aliphatic rings. The van der Waals surface area contributed by atoms with E-state index in [1.807, 2.05) is 6.20 Å². The van der Waals surface area contributed by atoms with Gasteiger partial charge in [-0.1, -0.05) is 18.9 Å². The van der Waals surface area contributed by atoms with Crippen molar-refractivity contribution in [2.75, 3.05) is 7.05 Å². The van der Waals surface area contributed by atoms with Crippen LogP contribution in [0.25, 0.3) is 0 Å². The first kappa shape index (κ1) is 10.3. The second kappa shape index (κ2) is 4.17. The van der Waals surface area contributed by atoms with E-state index in [2.05, 4.69) is 29.5 Å². The summed E-state index contributed by atoms with van der Waals surface area (Å²) >= 11 is 0. The summed E-state index contributed by atoms with van der Waals surface area (Å²) in [6, 6.07) is 4.95. The molecule has 2 aliphatic carbocycles. The molecule has 2 atom stereocenters. The first-order chi connectivity index (χ1) is 7.88. The third kappa shape index (κ3) is 1.86. The van der Waals surface area contributed by atoms with Gasteiger partial charge in [0.15, 0.2) is 0 Å². The number of hydrogen-bond donors (Lipinski definition) is 1. The highest BCUT2D eigenvalue weighted by atomic mass is 14.9. The smallest absolute Gasteiger partial charge is 0.0482 e. The van der Waals surface area contributed by atoms with Crippen molar-refractivity contribution in [3.05, 3.63) is 29.6 Å². The first-order valence-corrected chi connectivity index (χ1v) is 6.49. The predicted octanol–water partition coefficient (Wildman–Crippen LogP) is 2.50. The van der Waals surface area contributed by atoms with Gasteiger partial charge in [0.25, 0.3) is 0 Å². The molecule has 1 N–H and O–H groups in total. The highest BCUT2D eigenvalue weighted by Gasteiger charge is 2.34. The SMILES string of the molecule is CNC(CC1CC1)C1CCc2cccnc21. The lowest BCUT2D eigenvalue weighted by Crippen LogP contribution is -2.32. The summed E-state index contributed by atoms with van der Waals surface area (Å²) in [5.74, 6) is 1.65. The Balaban J connectivity index is 1.78. The van der Waals surface area contributed by atoms with Crippen molar-refractivity contribution in [2.24, 2.45) is 5.92 Å². The van der Waals surface area contributed by atoms with Gasteiger partial charge in [-0.25, -0.2) is 0 Å². The maximum Gasteiger partial charge on any atom is 0.0482 e. The average molecular weight is 216 g/mol. The third-order valence-electron chi connectivity index (χ3n) is 4.14. The number of pyridine rings is 1. The molecular weight excluding hydrogens is 196 g/mol. The van der Waals surface area contributed by atoms with E-state index in [9.17, 15) is 0 Å². The van der Waals surface area contributed by atoms with Gasteiger partial charge in [0, 0.05) is 23.9 Å². The van der Waals surface area contributed by atoms with Gasteiger partial charge in [-0.05, 0) is 43.9 Å². The molecule has 0 spiro atoms. The molecule has 2 unspecified atom stereocenters. The van der Waals surface area contributed by atoms with Crippen molar-refractivity contribution in [3.63, 3.8) is 0 Å². The summed E-state index contributed by atoms with van der Waals surface area (Å²) in [5, 5.41) is 3.52. The van der Waals surface area contributed by atoms with Crippen molar-refractivity contribution in [2.45, 2.75) is 44.1 Å². The Labute approximate surface area is 97.5 Å². The molecule has 0 aliphatic heterocycles. The van der Waals surface area contributed by atoms with Crippen LogP contribution in [0.3, 0.4) is 0 Å². The van der Waals surface area contributed by atoms with Gasteiger partial charge in [-0.15, -0.1) is 0 Å². The second-order valence-electron chi connectivity index (χ2n) is 5.27. The molecule has 0 saturated heterocycles. The molecule has 3 rings (SSSR count). The van der Waals surface area contributed by atoms with Crippen LogP contribution in [0.1, 0.15) is 42.9 Å². The van der Waals surface area contributed by atoms with Gasteiger partial charge < -0.3 is 5.32 Å². The third-order valence-corrected chi connectivity index (χ3v) is 4.14. The van der Waals surface area contributed by atoms with E-state index >= 15 is 0 Å². The number of aromatic nitrogens is 1. The van der Waals surface area contributed by atoms with Crippen molar-refractivity contribution in [1.29, 1.82) is 0 Å². The number of likely N-dealkylation sites (N-methyl/N-ethyl adjacent to an activating group) is 1. The maximum absolute atomic E-state index is 4.60. The van der Waals surface area contributed by atoms with Gasteiger partial charge in [-0.2, -0.15) is 0 Å². The number of hydrogen-bond acceptors (Lipinski definition) is 2. The van der Waals surface area contributed by atoms with Gasteiger partial charge in [0.2, 0.25) is 0 Å². The highest BCUT2D eigenvalue weighted by Crippen LogP contribution is 2.40. The Morgan fingerprint density at radius 3 is 3.06 bits per heavy atom. The molecule has 0 aromatic carbocycles. The molecule has 0 bridgehead atoms. The monoisotopic (exact) mass is 216 g/mol. The van der Waals surface area contributed by atoms with E-state index in [4.69, 9.17) is 0 Å². The summed E-state index contributed by atoms with van der Waals surface area (Å²) in [7, 11) is 2.11. The van der Waals surface area contributed by atoms with Crippen molar-refractivity contribution in [3.8, 4) is 0 Å². The summed E-state index contributed by atoms with van der Waals surface area (Å²) in [6.07, 6.45) is 8.68. The Morgan fingerprint density at radius 2 is 2.31 bits per heavy atom. The minimum Gasteiger partial charge on any atom is -0.316 e. The Bertz CT molecular complexity index is 371. The summed E-state index contributed by atoms with van der Waals surface area (Å²) in [4.78, 5) is 4.60. The van der Waals surface area contributed by atoms with Crippen LogP contribution in [-0.4, -0.2) is 18.1 Å². The van der Waals surface area contributed by atoms with Crippen LogP contribution in [0.4, 0.5) is 0 Å². The summed E-state index contributed by atoms with van der Waals surface area (Å²) < 4.78 is 0. The minimum atomic E-state index is 0.642. The molecule has 1 fully saturated rings. The van der Waals surface area contributed by atoms with Crippen LogP contribution < -0.4 is 5.32 Å². The normalized spacial score (nSPS) is 25.4. The van der Waals surface area contributed by atoms with Crippen LogP contribution in [0.2, 0.25) is 0 Å². The van der Waals surface area contributed by atoms with E-state index in [0.29, 0.717) is 12.0 Å². The van der Waals surface area contributed by atoms with Gasteiger partial charge in [0.05, 0.1) is 0 Å². The minimum absolute atomic E-state index is 0.642. The molecule has 1 heterocycles. The number of nitrogens with one attached hydrogen (secondary N) is 1. The van der Waals surface area contributed by atoms with Gasteiger partial charge in [0.1, 0.15) is 0 Å². The molecule has 2 nitrogen and oxygen atoms in total. The summed E-state index contributed by atoms with van der Waals surface area (Å²) in [5.41, 5.74) is 2.84. The molecule has 0 radical (unpaired) electrons. The highest BCUT2D eigenvalue weighted by molar-refractivity contribution is 5.30. The van der Waals surface area contributed by atoms with Crippen LogP contribution in [-0.2, 0) is 6.42 Å². The Hall–Kier alpha value is -0.890. The number of nitrogens with zero attached hydrogens (tertiary/aromatic N) is 1. The second-order valence-corrected chi connectivity index (χ2v) is 5.27. The first-order valence-electron chi connectivity index (χ1n) is 6.49. The van der Waals surface area contributed by atoms with Crippen LogP contribution in [0.15, 0.2) is 18.3 Å². The van der Waals surface area contributed by atoms with E-state index in [1.165, 1.54) is 43.4 Å². The van der Waals surface area contributed by atoms with Crippen LogP contribution >= 0.6 is 0 Å². The molecule has 16 heavy (non-hydrogen) atoms. The van der Waals surface area contributed by atoms with Gasteiger partial charge >= 0.3 is 0 Å². The largest absolute Gasteiger partial charge is 0.316 e. The molecule has 1 aromatic heterocycles. The zero-order valence-corrected chi connectivity index (χ0v) is 9.95. The Morgan fingerprint density at radius 1 is 1.44 bits per heavy atom. The fourth-order valence-electron chi connectivity index (χ4n) is 3.03. The van der Waals surface area contributed by atoms with E-state index < -0.39 is 0 Å². The lowest BCUT2D eigenvalue weighted by molar-refractivity contribution is 0.409. The topological polar surface area (TPSA) is 24.9 Å². The maximum atomic E-state index is 4.60. The molecule has 1 saturated carbocycles. The van der Waals surface area contributed by atoms with E-state index in [0.717, 1.165) is 5.92 Å². The van der Waals surface area contributed by atoms with Crippen molar-refractivity contribution in [1.82, 2.24) is 10.3 Å². The fraction of sp³-hybridized carbons (Fsp3) is 0.643. The molecule has 2 heteroatoms. The van der Waals surface area contributed by atoms with Gasteiger partial charge in [-0.3, -0.25) is 4.98 Å². The fourth-order valence-corrected chi connectivity index (χ4v) is 3.03. The van der Waals surface area contributed by atoms with Crippen molar-refractivity contribution < 1.29 is 0 Å². The average Bonchev–Trinajstić information content (AvgIpc) is 3.04. The Kier molecular flexibility index (Phi) is 2.68. The van der Waals surface area contributed by atoms with E-state index in [-0.39, 0.29) is 0 Å². The van der Waals surface area contributed by atoms with Crippen molar-refractivity contribution >= 4 is 0 Å². The molecule has 1 aromatic rings. The lowest BCUT2D eigenvalue weighted by Gasteiger charge is -2.23. The number of aryl methyl sites for hydroxylation is 1. The van der Waals surface area contributed by atoms with Crippen LogP contribution in [0, 0.1) is 5.92 Å². The number of fused-ring (bicyclic) bond motifs is 1. The standard InChI is InChI=1S/C14H20N2/c1-15-13(9-10-4-5-10)12-7-6-11-3-2-8-16-14(11)12/h2-3,8,10,12-13,15H,4-7,9H2,1H3. The number of rotatable bonds is 4.